The van der Waals surface area contributed by atoms with Crippen LogP contribution in [0.1, 0.15) is 56.8 Å². The molecule has 18 heavy (non-hydrogen) atoms. The van der Waals surface area contributed by atoms with E-state index in [0.717, 1.165) is 11.3 Å². The van der Waals surface area contributed by atoms with E-state index in [1.165, 1.54) is 25.7 Å². The van der Waals surface area contributed by atoms with Gasteiger partial charge < -0.3 is 5.32 Å². The minimum Gasteiger partial charge on any atom is -0.382 e. The average molecular weight is 245 g/mol. The molecule has 0 radical (unpaired) electrons. The first kappa shape index (κ1) is 13.1. The van der Waals surface area contributed by atoms with Crippen molar-refractivity contribution < 1.29 is 4.79 Å². The van der Waals surface area contributed by atoms with E-state index in [9.17, 15) is 4.79 Å². The van der Waals surface area contributed by atoms with Crippen molar-refractivity contribution in [2.45, 2.75) is 52.5 Å². The van der Waals surface area contributed by atoms with Gasteiger partial charge in [0.1, 0.15) is 0 Å². The zero-order valence-electron chi connectivity index (χ0n) is 11.6. The molecule has 1 aromatic carbocycles. The van der Waals surface area contributed by atoms with Gasteiger partial charge in [-0.05, 0) is 55.9 Å². The third kappa shape index (κ3) is 3.34. The van der Waals surface area contributed by atoms with Crippen LogP contribution in [0.15, 0.2) is 24.3 Å². The molecule has 1 aromatic rings. The molecule has 1 unspecified atom stereocenters. The van der Waals surface area contributed by atoms with Crippen LogP contribution in [-0.4, -0.2) is 11.8 Å². The van der Waals surface area contributed by atoms with Crippen LogP contribution in [0.5, 0.6) is 0 Å². The van der Waals surface area contributed by atoms with Crippen LogP contribution < -0.4 is 5.32 Å². The van der Waals surface area contributed by atoms with Gasteiger partial charge in [-0.3, -0.25) is 4.79 Å². The van der Waals surface area contributed by atoms with Crippen molar-refractivity contribution in [2.24, 2.45) is 5.41 Å². The Labute approximate surface area is 110 Å². The number of anilines is 1. The summed E-state index contributed by atoms with van der Waals surface area (Å²) in [6, 6.07) is 8.39. The Hall–Kier alpha value is -1.31. The largest absolute Gasteiger partial charge is 0.382 e. The van der Waals surface area contributed by atoms with E-state index in [-0.39, 0.29) is 5.78 Å². The van der Waals surface area contributed by atoms with Gasteiger partial charge in [0.2, 0.25) is 0 Å². The van der Waals surface area contributed by atoms with E-state index in [1.807, 2.05) is 24.3 Å². The summed E-state index contributed by atoms with van der Waals surface area (Å²) in [7, 11) is 0. The van der Waals surface area contributed by atoms with Crippen molar-refractivity contribution in [2.75, 3.05) is 5.32 Å². The Morgan fingerprint density at radius 3 is 2.50 bits per heavy atom. The minimum absolute atomic E-state index is 0.125. The summed E-state index contributed by atoms with van der Waals surface area (Å²) in [5.74, 6) is 0.125. The Morgan fingerprint density at radius 1 is 1.28 bits per heavy atom. The molecule has 0 saturated heterocycles. The third-order valence-electron chi connectivity index (χ3n) is 3.87. The van der Waals surface area contributed by atoms with Crippen molar-refractivity contribution in [3.63, 3.8) is 0 Å². The number of hydrogen-bond donors (Lipinski definition) is 1. The molecule has 1 fully saturated rings. The van der Waals surface area contributed by atoms with Crippen molar-refractivity contribution >= 4 is 11.5 Å². The van der Waals surface area contributed by atoms with Gasteiger partial charge in [0, 0.05) is 17.3 Å². The number of carbonyl (C=O) groups excluding carboxylic acids is 1. The van der Waals surface area contributed by atoms with Crippen molar-refractivity contribution in [1.82, 2.24) is 0 Å². The molecule has 0 aromatic heterocycles. The molecule has 1 aliphatic rings. The van der Waals surface area contributed by atoms with Crippen LogP contribution in [0.3, 0.4) is 0 Å². The summed E-state index contributed by atoms with van der Waals surface area (Å²) in [6.45, 7) is 6.30. The van der Waals surface area contributed by atoms with Crippen LogP contribution in [-0.2, 0) is 0 Å². The molecule has 0 spiro atoms. The molecule has 1 saturated carbocycles. The van der Waals surface area contributed by atoms with Crippen molar-refractivity contribution in [3.05, 3.63) is 29.8 Å². The summed E-state index contributed by atoms with van der Waals surface area (Å²) in [4.78, 5) is 11.2. The standard InChI is InChI=1S/C16H23NO/c1-12(18)13-6-8-14(9-7-13)17-15-5-4-10-16(2,3)11-15/h6-9,15,17H,4-5,10-11H2,1-3H3. The van der Waals surface area contributed by atoms with Crippen LogP contribution in [0, 0.1) is 5.41 Å². The molecule has 0 aliphatic heterocycles. The van der Waals surface area contributed by atoms with E-state index in [1.54, 1.807) is 6.92 Å². The second-order valence-electron chi connectivity index (χ2n) is 6.24. The molecule has 98 valence electrons. The Morgan fingerprint density at radius 2 is 1.94 bits per heavy atom. The number of Topliss-reactive ketones (excluding diaryl/α,β-unsaturated/α-hetero) is 1. The van der Waals surface area contributed by atoms with Gasteiger partial charge in [0.25, 0.3) is 0 Å². The molecule has 2 rings (SSSR count). The Kier molecular flexibility index (Phi) is 3.74. The lowest BCUT2D eigenvalue weighted by Gasteiger charge is -2.36. The van der Waals surface area contributed by atoms with Gasteiger partial charge in [-0.15, -0.1) is 0 Å². The lowest BCUT2D eigenvalue weighted by atomic mass is 9.75. The summed E-state index contributed by atoms with van der Waals surface area (Å²) in [5, 5.41) is 3.59. The van der Waals surface area contributed by atoms with Crippen LogP contribution in [0.4, 0.5) is 5.69 Å². The Balaban J connectivity index is 1.99. The molecular weight excluding hydrogens is 222 g/mol. The predicted molar refractivity (Wildman–Crippen MR) is 76.1 cm³/mol. The molecule has 1 aliphatic carbocycles. The van der Waals surface area contributed by atoms with E-state index < -0.39 is 0 Å². The fourth-order valence-corrected chi connectivity index (χ4v) is 2.86. The van der Waals surface area contributed by atoms with Crippen LogP contribution in [0.2, 0.25) is 0 Å². The van der Waals surface area contributed by atoms with Crippen LogP contribution in [0.25, 0.3) is 0 Å². The molecule has 2 heteroatoms. The lowest BCUT2D eigenvalue weighted by Crippen LogP contribution is -2.31. The normalized spacial score (nSPS) is 22.5. The maximum Gasteiger partial charge on any atom is 0.159 e. The van der Waals surface area contributed by atoms with Gasteiger partial charge in [0.15, 0.2) is 5.78 Å². The molecule has 1 N–H and O–H groups in total. The molecule has 2 nitrogen and oxygen atoms in total. The maximum absolute atomic E-state index is 11.2. The van der Waals surface area contributed by atoms with Gasteiger partial charge in [-0.25, -0.2) is 0 Å². The molecular formula is C16H23NO. The number of carbonyl (C=O) groups is 1. The quantitative estimate of drug-likeness (QED) is 0.806. The number of rotatable bonds is 3. The third-order valence-corrected chi connectivity index (χ3v) is 3.87. The topological polar surface area (TPSA) is 29.1 Å². The fraction of sp³-hybridized carbons (Fsp3) is 0.562. The Bertz CT molecular complexity index is 419. The first-order valence-corrected chi connectivity index (χ1v) is 6.84. The molecule has 0 heterocycles. The second kappa shape index (κ2) is 5.13. The monoisotopic (exact) mass is 245 g/mol. The predicted octanol–water partition coefficient (Wildman–Crippen LogP) is 4.27. The molecule has 0 amide bonds. The highest BCUT2D eigenvalue weighted by atomic mass is 16.1. The smallest absolute Gasteiger partial charge is 0.159 e. The SMILES string of the molecule is CC(=O)c1ccc(NC2CCCC(C)(C)C2)cc1. The van der Waals surface area contributed by atoms with Gasteiger partial charge in [0.05, 0.1) is 0 Å². The van der Waals surface area contributed by atoms with E-state index in [2.05, 4.69) is 19.2 Å². The van der Waals surface area contributed by atoms with E-state index in [0.29, 0.717) is 11.5 Å². The van der Waals surface area contributed by atoms with Gasteiger partial charge >= 0.3 is 0 Å². The summed E-state index contributed by atoms with van der Waals surface area (Å²) >= 11 is 0. The number of hydrogen-bond acceptors (Lipinski definition) is 2. The number of ketones is 1. The molecule has 0 bridgehead atoms. The van der Waals surface area contributed by atoms with Crippen molar-refractivity contribution in [1.29, 1.82) is 0 Å². The summed E-state index contributed by atoms with van der Waals surface area (Å²) in [6.07, 6.45) is 5.10. The van der Waals surface area contributed by atoms with Crippen LogP contribution >= 0.6 is 0 Å². The zero-order valence-corrected chi connectivity index (χ0v) is 11.6. The number of benzene rings is 1. The lowest BCUT2D eigenvalue weighted by molar-refractivity contribution is 0.101. The highest BCUT2D eigenvalue weighted by molar-refractivity contribution is 5.94. The highest BCUT2D eigenvalue weighted by Gasteiger charge is 2.27. The second-order valence-corrected chi connectivity index (χ2v) is 6.24. The first-order chi connectivity index (χ1) is 8.46. The zero-order chi connectivity index (χ0) is 13.2. The minimum atomic E-state index is 0.125. The summed E-state index contributed by atoms with van der Waals surface area (Å²) in [5.41, 5.74) is 2.36. The number of nitrogens with one attached hydrogen (secondary N) is 1. The van der Waals surface area contributed by atoms with E-state index in [4.69, 9.17) is 0 Å². The molecule has 1 atom stereocenters. The highest BCUT2D eigenvalue weighted by Crippen LogP contribution is 2.36. The maximum atomic E-state index is 11.2. The van der Waals surface area contributed by atoms with Crippen molar-refractivity contribution in [3.8, 4) is 0 Å². The summed E-state index contributed by atoms with van der Waals surface area (Å²) < 4.78 is 0. The van der Waals surface area contributed by atoms with Gasteiger partial charge in [-0.2, -0.15) is 0 Å². The first-order valence-electron chi connectivity index (χ1n) is 6.84. The average Bonchev–Trinajstić information content (AvgIpc) is 2.28. The fourth-order valence-electron chi connectivity index (χ4n) is 2.86. The van der Waals surface area contributed by atoms with Gasteiger partial charge in [-0.1, -0.05) is 20.3 Å². The van der Waals surface area contributed by atoms with E-state index >= 15 is 0 Å².